The summed E-state index contributed by atoms with van der Waals surface area (Å²) in [6.07, 6.45) is -50.5. The third kappa shape index (κ3) is 12.7. The minimum atomic E-state index is -6.13. The first-order valence-corrected chi connectivity index (χ1v) is 20.5. The fourth-order valence-corrected chi connectivity index (χ4v) is 8.14. The molecule has 0 aliphatic carbocycles. The lowest BCUT2D eigenvalue weighted by Crippen LogP contribution is -2.75. The van der Waals surface area contributed by atoms with Gasteiger partial charge in [-0.2, -0.15) is 127 Å². The van der Waals surface area contributed by atoms with Crippen molar-refractivity contribution in [3.05, 3.63) is 196 Å². The number of rotatable bonds is 6. The first-order valence-electron chi connectivity index (χ1n) is 20.5. The van der Waals surface area contributed by atoms with E-state index in [9.17, 15) is 105 Å². The van der Waals surface area contributed by atoms with Crippen LogP contribution < -0.4 is 26.4 Å². The zero-order valence-electron chi connectivity index (χ0n) is 36.2. The van der Waals surface area contributed by atoms with E-state index in [2.05, 4.69) is 77.6 Å². The number of fused-ring (bicyclic) bond motifs is 1. The lowest BCUT2D eigenvalue weighted by molar-refractivity contribution is -0.687. The monoisotopic (exact) mass is 1080 g/mol. The van der Waals surface area contributed by atoms with E-state index < -0.39 is 195 Å². The zero-order chi connectivity index (χ0) is 55.4. The standard InChI is InChI=1S/C32H12BF24.C16H14N/c34-25(35,36)13-1-14(26(37,38)39)6-21(5-13)33(22-7-15(27(40,41)42)2-16(8-22)28(43,44)45,23-9-17(29(46,47)48)3-18(10-23)30(49,50)51)24-11-19(31(52,53)54)4-20(12-24)32(55,56)57;1-2-6-14(7-3-1)12-17-11-10-15-8-4-5-9-16(15)13-17/h1-12H;1-11,13H,12H2/q-1;+1. The highest BCUT2D eigenvalue weighted by Gasteiger charge is 2.47. The highest BCUT2D eigenvalue weighted by atomic mass is 19.4. The van der Waals surface area contributed by atoms with Gasteiger partial charge in [0.15, 0.2) is 18.9 Å². The number of halogens is 24. The molecule has 394 valence electrons. The van der Waals surface area contributed by atoms with Crippen LogP contribution in [-0.2, 0) is 56.0 Å². The van der Waals surface area contributed by atoms with Crippen molar-refractivity contribution in [3.63, 3.8) is 0 Å². The molecule has 0 unspecified atom stereocenters. The molecule has 0 bridgehead atoms. The van der Waals surface area contributed by atoms with E-state index >= 15 is 0 Å². The molecule has 0 saturated carbocycles. The van der Waals surface area contributed by atoms with Crippen molar-refractivity contribution in [2.75, 3.05) is 0 Å². The smallest absolute Gasteiger partial charge is 0.200 e. The predicted octanol–water partition coefficient (Wildman–Crippen LogP) is 14.4. The fraction of sp³-hybridized carbons (Fsp3) is 0.188. The average molecular weight is 1080 g/mol. The summed E-state index contributed by atoms with van der Waals surface area (Å²) in [6, 6.07) is 12.3. The Morgan fingerprint density at radius 2 is 0.527 bits per heavy atom. The van der Waals surface area contributed by atoms with Gasteiger partial charge in [-0.25, -0.2) is 4.57 Å². The Balaban J connectivity index is 0.000000436. The molecule has 1 nitrogen and oxygen atoms in total. The van der Waals surface area contributed by atoms with Gasteiger partial charge in [0.05, 0.1) is 44.5 Å². The van der Waals surface area contributed by atoms with Gasteiger partial charge >= 0.3 is 49.4 Å². The molecule has 26 heteroatoms. The fourth-order valence-electron chi connectivity index (χ4n) is 8.14. The minimum Gasteiger partial charge on any atom is -0.200 e. The largest absolute Gasteiger partial charge is 0.416 e. The average Bonchev–Trinajstić information content (AvgIpc) is 3.27. The molecule has 74 heavy (non-hydrogen) atoms. The van der Waals surface area contributed by atoms with Gasteiger partial charge in [-0.1, -0.05) is 97.1 Å². The van der Waals surface area contributed by atoms with Crippen molar-refractivity contribution in [2.24, 2.45) is 0 Å². The second-order valence-electron chi connectivity index (χ2n) is 16.5. The number of alkyl halides is 24. The summed E-state index contributed by atoms with van der Waals surface area (Å²) in [6.45, 7) is 0.922. The molecule has 0 N–H and O–H groups in total. The molecule has 0 atom stereocenters. The van der Waals surface area contributed by atoms with Crippen LogP contribution in [0.15, 0.2) is 146 Å². The van der Waals surface area contributed by atoms with E-state index in [0.717, 1.165) is 6.54 Å². The number of nitrogens with zero attached hydrogens (tertiary/aromatic N) is 1. The Bertz CT molecular complexity index is 2700. The van der Waals surface area contributed by atoms with Crippen molar-refractivity contribution in [3.8, 4) is 0 Å². The van der Waals surface area contributed by atoms with Gasteiger partial charge in [0.2, 0.25) is 0 Å². The number of benzene rings is 6. The van der Waals surface area contributed by atoms with E-state index in [1.165, 1.54) is 16.3 Å². The summed E-state index contributed by atoms with van der Waals surface area (Å²) in [4.78, 5) is 0. The molecular formula is C48H26BF24N. The number of hydrogen-bond donors (Lipinski definition) is 0. The quantitative estimate of drug-likeness (QED) is 0.0888. The van der Waals surface area contributed by atoms with Crippen molar-refractivity contribution in [1.82, 2.24) is 0 Å². The van der Waals surface area contributed by atoms with Gasteiger partial charge in [0.25, 0.3) is 0 Å². The van der Waals surface area contributed by atoms with Crippen LogP contribution in [0.3, 0.4) is 0 Å². The second-order valence-corrected chi connectivity index (χ2v) is 16.5. The molecule has 0 spiro atoms. The van der Waals surface area contributed by atoms with Crippen LogP contribution in [0.5, 0.6) is 0 Å². The van der Waals surface area contributed by atoms with Gasteiger partial charge in [0.1, 0.15) is 6.15 Å². The van der Waals surface area contributed by atoms with Crippen molar-refractivity contribution >= 4 is 38.8 Å². The van der Waals surface area contributed by atoms with E-state index in [1.807, 2.05) is 0 Å². The molecule has 0 radical (unpaired) electrons. The second kappa shape index (κ2) is 19.4. The minimum absolute atomic E-state index is 0.691. The molecule has 0 saturated heterocycles. The summed E-state index contributed by atoms with van der Waals surface area (Å²) in [5.74, 6) is 0. The van der Waals surface area contributed by atoms with Crippen LogP contribution in [0.2, 0.25) is 0 Å². The number of aromatic nitrogens is 1. The molecule has 7 rings (SSSR count). The topological polar surface area (TPSA) is 3.88 Å². The predicted molar refractivity (Wildman–Crippen MR) is 220 cm³/mol. The first kappa shape index (κ1) is 56.4. The van der Waals surface area contributed by atoms with Gasteiger partial charge < -0.3 is 0 Å². The molecule has 1 heterocycles. The summed E-state index contributed by atoms with van der Waals surface area (Å²) in [7, 11) is 0. The highest BCUT2D eigenvalue weighted by Crippen LogP contribution is 2.41. The van der Waals surface area contributed by atoms with Crippen LogP contribution >= 0.6 is 0 Å². The van der Waals surface area contributed by atoms with Crippen LogP contribution in [0.1, 0.15) is 50.1 Å². The maximum atomic E-state index is 14.2. The highest BCUT2D eigenvalue weighted by molar-refractivity contribution is 7.20. The van der Waals surface area contributed by atoms with E-state index in [-0.39, 0.29) is 0 Å². The molecule has 0 fully saturated rings. The molecule has 0 aliphatic rings. The van der Waals surface area contributed by atoms with Crippen LogP contribution in [0.25, 0.3) is 10.8 Å². The van der Waals surface area contributed by atoms with Crippen molar-refractivity contribution < 1.29 is 110 Å². The molecule has 7 aromatic rings. The third-order valence-electron chi connectivity index (χ3n) is 11.4. The first-order chi connectivity index (χ1) is 33.7. The Morgan fingerprint density at radius 1 is 0.284 bits per heavy atom. The summed E-state index contributed by atoms with van der Waals surface area (Å²) < 4.78 is 343. The SMILES string of the molecule is FC(F)(F)c1cc([B-](c2cc(C(F)(F)F)cc(C(F)(F)F)c2)(c2cc(C(F)(F)F)cc(C(F)(F)F)c2)c2cc(C(F)(F)F)cc(C(F)(F)F)c2)cc(C(F)(F)F)c1.c1ccc(C[n+]2ccc3ccccc3c2)cc1. The number of hydrogen-bond acceptors (Lipinski definition) is 0. The summed E-state index contributed by atoms with van der Waals surface area (Å²) in [5, 5.41) is 2.57. The summed E-state index contributed by atoms with van der Waals surface area (Å²) in [5.41, 5.74) is -28.9. The van der Waals surface area contributed by atoms with Crippen molar-refractivity contribution in [2.45, 2.75) is 56.0 Å². The van der Waals surface area contributed by atoms with Crippen LogP contribution in [0.4, 0.5) is 105 Å². The van der Waals surface area contributed by atoms with E-state index in [0.29, 0.717) is 0 Å². The van der Waals surface area contributed by atoms with Gasteiger partial charge in [-0.05, 0) is 35.7 Å². The Labute approximate surface area is 400 Å². The lowest BCUT2D eigenvalue weighted by Gasteiger charge is -2.46. The third-order valence-corrected chi connectivity index (χ3v) is 11.4. The van der Waals surface area contributed by atoms with E-state index in [4.69, 9.17) is 0 Å². The molecule has 1 aromatic heterocycles. The van der Waals surface area contributed by atoms with Crippen LogP contribution in [0, 0.1) is 0 Å². The molecule has 0 amide bonds. The molecular weight excluding hydrogens is 1060 g/mol. The molecule has 6 aromatic carbocycles. The van der Waals surface area contributed by atoms with Gasteiger partial charge in [0, 0.05) is 17.0 Å². The lowest BCUT2D eigenvalue weighted by atomic mass is 9.12. The number of pyridine rings is 1. The summed E-state index contributed by atoms with van der Waals surface area (Å²) >= 11 is 0. The van der Waals surface area contributed by atoms with Crippen molar-refractivity contribution in [1.29, 1.82) is 0 Å². The van der Waals surface area contributed by atoms with Gasteiger partial charge in [-0.3, -0.25) is 0 Å². The molecule has 0 aliphatic heterocycles. The van der Waals surface area contributed by atoms with Gasteiger partial charge in [-0.15, -0.1) is 0 Å². The maximum absolute atomic E-state index is 14.2. The van der Waals surface area contributed by atoms with Crippen LogP contribution in [-0.4, -0.2) is 6.15 Å². The maximum Gasteiger partial charge on any atom is 0.416 e. The Hall–Kier alpha value is -6.89. The Morgan fingerprint density at radius 3 is 0.784 bits per heavy atom. The normalized spacial score (nSPS) is 13.5. The Kier molecular flexibility index (Phi) is 14.8. The van der Waals surface area contributed by atoms with E-state index in [1.54, 1.807) is 0 Å². The zero-order valence-corrected chi connectivity index (χ0v) is 36.2.